The Hall–Kier alpha value is -3.19. The van der Waals surface area contributed by atoms with Crippen molar-refractivity contribution in [1.82, 2.24) is 0 Å². The first-order chi connectivity index (χ1) is 12.8. The number of benzene rings is 2. The van der Waals surface area contributed by atoms with Gasteiger partial charge in [0.2, 0.25) is 5.78 Å². The van der Waals surface area contributed by atoms with E-state index in [0.717, 1.165) is 5.57 Å². The maximum Gasteiger partial charge on any atom is 0.202 e. The predicted octanol–water partition coefficient (Wildman–Crippen LogP) is 2.83. The smallest absolute Gasteiger partial charge is 0.202 e. The maximum atomic E-state index is 12.5. The van der Waals surface area contributed by atoms with Crippen molar-refractivity contribution >= 4 is 5.78 Å². The summed E-state index contributed by atoms with van der Waals surface area (Å²) in [6.45, 7) is 4.13. The minimum atomic E-state index is -1.58. The van der Waals surface area contributed by atoms with Crippen molar-refractivity contribution in [1.29, 1.82) is 0 Å². The number of phenols is 3. The minimum absolute atomic E-state index is 0.0649. The molecule has 0 fully saturated rings. The third-order valence-electron chi connectivity index (χ3n) is 4.18. The summed E-state index contributed by atoms with van der Waals surface area (Å²) in [6.07, 6.45) is -0.831. The second-order valence-corrected chi connectivity index (χ2v) is 6.50. The number of aromatic hydroxyl groups is 3. The van der Waals surface area contributed by atoms with Crippen molar-refractivity contribution in [2.24, 2.45) is 0 Å². The van der Waals surface area contributed by atoms with Crippen molar-refractivity contribution in [2.75, 3.05) is 6.61 Å². The normalized spacial score (nSPS) is 18.4. The Morgan fingerprint density at radius 1 is 1.11 bits per heavy atom. The van der Waals surface area contributed by atoms with Crippen molar-refractivity contribution < 1.29 is 34.7 Å². The number of aliphatic hydroxyl groups excluding tert-OH is 1. The molecule has 2 atom stereocenters. The number of ketones is 1. The summed E-state index contributed by atoms with van der Waals surface area (Å²) < 4.78 is 11.3. The lowest BCUT2D eigenvalue weighted by atomic mass is 9.92. The van der Waals surface area contributed by atoms with Gasteiger partial charge in [-0.2, -0.15) is 0 Å². The average molecular weight is 372 g/mol. The number of aliphatic hydroxyl groups is 1. The fourth-order valence-electron chi connectivity index (χ4n) is 2.76. The van der Waals surface area contributed by atoms with Gasteiger partial charge in [-0.3, -0.25) is 4.79 Å². The van der Waals surface area contributed by atoms with Gasteiger partial charge in [0.1, 0.15) is 29.4 Å². The van der Waals surface area contributed by atoms with Crippen LogP contribution in [0.2, 0.25) is 0 Å². The summed E-state index contributed by atoms with van der Waals surface area (Å²) in [6, 6.07) is 6.62. The molecule has 1 heterocycles. The Morgan fingerprint density at radius 3 is 2.52 bits per heavy atom. The third kappa shape index (κ3) is 3.68. The summed E-state index contributed by atoms with van der Waals surface area (Å²) in [5.74, 6) is -1.42. The van der Waals surface area contributed by atoms with Gasteiger partial charge in [-0.05, 0) is 37.6 Å². The molecule has 2 aromatic carbocycles. The fourth-order valence-corrected chi connectivity index (χ4v) is 2.76. The van der Waals surface area contributed by atoms with Crippen LogP contribution in [0.5, 0.6) is 28.7 Å². The molecule has 0 amide bonds. The van der Waals surface area contributed by atoms with Crippen LogP contribution in [0.1, 0.15) is 35.9 Å². The molecule has 1 aliphatic heterocycles. The Bertz CT molecular complexity index is 913. The Morgan fingerprint density at radius 2 is 1.85 bits per heavy atom. The average Bonchev–Trinajstić information content (AvgIpc) is 2.60. The lowest BCUT2D eigenvalue weighted by Gasteiger charge is -2.30. The van der Waals surface area contributed by atoms with Crippen LogP contribution < -0.4 is 9.47 Å². The van der Waals surface area contributed by atoms with E-state index in [4.69, 9.17) is 9.47 Å². The van der Waals surface area contributed by atoms with Crippen LogP contribution in [0.25, 0.3) is 0 Å². The van der Waals surface area contributed by atoms with E-state index in [-0.39, 0.29) is 29.4 Å². The van der Waals surface area contributed by atoms with E-state index in [1.165, 1.54) is 30.3 Å². The monoisotopic (exact) mass is 372 g/mol. The summed E-state index contributed by atoms with van der Waals surface area (Å²) in [4.78, 5) is 12.5. The molecule has 7 nitrogen and oxygen atoms in total. The molecular formula is C20H20O7. The number of phenolic OH excluding ortho intramolecular Hbond substituents is 3. The van der Waals surface area contributed by atoms with E-state index in [2.05, 4.69) is 0 Å². The van der Waals surface area contributed by atoms with Crippen molar-refractivity contribution in [3.63, 3.8) is 0 Å². The number of allylic oxidation sites excluding steroid dienone is 1. The van der Waals surface area contributed by atoms with E-state index in [9.17, 15) is 25.2 Å². The molecule has 7 heteroatoms. The largest absolute Gasteiger partial charge is 0.507 e. The van der Waals surface area contributed by atoms with Gasteiger partial charge < -0.3 is 29.9 Å². The molecule has 0 aromatic heterocycles. The third-order valence-corrected chi connectivity index (χ3v) is 4.18. The number of hydrogen-bond acceptors (Lipinski definition) is 7. The second kappa shape index (κ2) is 7.20. The van der Waals surface area contributed by atoms with Gasteiger partial charge in [-0.25, -0.2) is 0 Å². The molecular weight excluding hydrogens is 352 g/mol. The molecule has 27 heavy (non-hydrogen) atoms. The molecule has 1 aliphatic rings. The van der Waals surface area contributed by atoms with E-state index in [1.807, 2.05) is 19.9 Å². The molecule has 0 radical (unpaired) electrons. The van der Waals surface area contributed by atoms with Gasteiger partial charge in [-0.15, -0.1) is 0 Å². The topological polar surface area (TPSA) is 116 Å². The Kier molecular flexibility index (Phi) is 4.96. The highest BCUT2D eigenvalue weighted by atomic mass is 16.5. The van der Waals surface area contributed by atoms with Crippen LogP contribution in [0.15, 0.2) is 42.0 Å². The SMILES string of the molecule is CC(C)=CCOc1cc(O)c2c(c1)O[C@@H](c1ccc(O)c(O)c1)[C@H](O)C2=O. The second-order valence-electron chi connectivity index (χ2n) is 6.50. The maximum absolute atomic E-state index is 12.5. The Balaban J connectivity index is 1.95. The van der Waals surface area contributed by atoms with Crippen LogP contribution in [0.4, 0.5) is 0 Å². The molecule has 142 valence electrons. The Labute approximate surface area is 155 Å². The number of fused-ring (bicyclic) bond motifs is 1. The molecule has 0 bridgehead atoms. The van der Waals surface area contributed by atoms with Crippen LogP contribution in [-0.4, -0.2) is 38.9 Å². The lowest BCUT2D eigenvalue weighted by molar-refractivity contribution is 0.0209. The standard InChI is InChI=1S/C20H20O7/c1-10(2)5-6-26-12-8-15(23)17-16(9-12)27-20(19(25)18(17)24)11-3-4-13(21)14(22)7-11/h3-5,7-9,19-23,25H,6H2,1-2H3/t19-,20+/m1/s1. The van der Waals surface area contributed by atoms with Crippen molar-refractivity contribution in [3.8, 4) is 28.7 Å². The highest BCUT2D eigenvalue weighted by Crippen LogP contribution is 2.43. The zero-order chi connectivity index (χ0) is 19.7. The van der Waals surface area contributed by atoms with Crippen molar-refractivity contribution in [2.45, 2.75) is 26.1 Å². The summed E-state index contributed by atoms with van der Waals surface area (Å²) in [5.41, 5.74) is 1.24. The van der Waals surface area contributed by atoms with E-state index < -0.39 is 23.7 Å². The minimum Gasteiger partial charge on any atom is -0.507 e. The van der Waals surface area contributed by atoms with Gasteiger partial charge in [0.25, 0.3) is 0 Å². The number of carbonyl (C=O) groups excluding carboxylic acids is 1. The van der Waals surface area contributed by atoms with Crippen LogP contribution in [0, 0.1) is 0 Å². The lowest BCUT2D eigenvalue weighted by Crippen LogP contribution is -2.36. The zero-order valence-electron chi connectivity index (χ0n) is 14.8. The molecule has 0 saturated carbocycles. The molecule has 3 rings (SSSR count). The van der Waals surface area contributed by atoms with Crippen molar-refractivity contribution in [3.05, 3.63) is 53.1 Å². The zero-order valence-corrected chi connectivity index (χ0v) is 14.8. The highest BCUT2D eigenvalue weighted by molar-refractivity contribution is 6.05. The first-order valence-corrected chi connectivity index (χ1v) is 8.32. The van der Waals surface area contributed by atoms with Crippen LogP contribution in [0.3, 0.4) is 0 Å². The number of carbonyl (C=O) groups is 1. The van der Waals surface area contributed by atoms with E-state index in [1.54, 1.807) is 0 Å². The van der Waals surface area contributed by atoms with Gasteiger partial charge in [0.15, 0.2) is 23.7 Å². The van der Waals surface area contributed by atoms with Gasteiger partial charge >= 0.3 is 0 Å². The fraction of sp³-hybridized carbons (Fsp3) is 0.250. The van der Waals surface area contributed by atoms with Crippen LogP contribution >= 0.6 is 0 Å². The number of rotatable bonds is 4. The summed E-state index contributed by atoms with van der Waals surface area (Å²) in [7, 11) is 0. The molecule has 2 aromatic rings. The van der Waals surface area contributed by atoms with Gasteiger partial charge in [-0.1, -0.05) is 11.6 Å². The summed E-state index contributed by atoms with van der Waals surface area (Å²) >= 11 is 0. The quantitative estimate of drug-likeness (QED) is 0.482. The summed E-state index contributed by atoms with van der Waals surface area (Å²) in [5, 5.41) is 39.6. The van der Waals surface area contributed by atoms with Crippen LogP contribution in [-0.2, 0) is 0 Å². The van der Waals surface area contributed by atoms with E-state index in [0.29, 0.717) is 11.3 Å². The van der Waals surface area contributed by atoms with Gasteiger partial charge in [0.05, 0.1) is 0 Å². The number of Topliss-reactive ketones (excluding diaryl/α,β-unsaturated/α-hetero) is 1. The molecule has 0 unspecified atom stereocenters. The highest BCUT2D eigenvalue weighted by Gasteiger charge is 2.39. The molecule has 0 saturated heterocycles. The van der Waals surface area contributed by atoms with Gasteiger partial charge in [0, 0.05) is 12.1 Å². The molecule has 0 spiro atoms. The number of ether oxygens (including phenoxy) is 2. The first-order valence-electron chi connectivity index (χ1n) is 8.32. The predicted molar refractivity (Wildman–Crippen MR) is 96.5 cm³/mol. The van der Waals surface area contributed by atoms with E-state index >= 15 is 0 Å². The number of hydrogen-bond donors (Lipinski definition) is 4. The molecule has 4 N–H and O–H groups in total. The molecule has 0 aliphatic carbocycles. The first kappa shape index (κ1) is 18.6.